The molecule has 0 aliphatic heterocycles. The molecule has 3 N–H and O–H groups in total. The third kappa shape index (κ3) is 4.66. The van der Waals surface area contributed by atoms with Crippen LogP contribution in [0.15, 0.2) is 42.5 Å². The number of alkyl halides is 3. The van der Waals surface area contributed by atoms with E-state index >= 15 is 0 Å². The molecule has 3 aromatic rings. The largest absolute Gasteiger partial charge is 0.416 e. The van der Waals surface area contributed by atoms with Crippen LogP contribution in [0, 0.1) is 0 Å². The molecule has 3 rings (SSSR count). The molecular formula is C20H21F3N2OS. The lowest BCUT2D eigenvalue weighted by Gasteiger charge is -2.20. The second-order valence-electron chi connectivity index (χ2n) is 6.75. The summed E-state index contributed by atoms with van der Waals surface area (Å²) in [5, 5.41) is 10.8. The van der Waals surface area contributed by atoms with E-state index in [0.29, 0.717) is 24.1 Å². The lowest BCUT2D eigenvalue weighted by molar-refractivity contribution is -0.137. The molecule has 7 heteroatoms. The molecule has 0 amide bonds. The number of hydrogen-bond donors (Lipinski definition) is 2. The molecule has 0 aliphatic rings. The van der Waals surface area contributed by atoms with Crippen LogP contribution in [0.2, 0.25) is 0 Å². The van der Waals surface area contributed by atoms with Gasteiger partial charge in [0, 0.05) is 10.9 Å². The Morgan fingerprint density at radius 1 is 1.11 bits per heavy atom. The Kier molecular flexibility index (Phi) is 5.55. The molecule has 0 fully saturated rings. The number of fused-ring (bicyclic) bond motifs is 1. The average molecular weight is 394 g/mol. The first-order valence-corrected chi connectivity index (χ1v) is 9.54. The summed E-state index contributed by atoms with van der Waals surface area (Å²) in [5.41, 5.74) is 6.45. The van der Waals surface area contributed by atoms with Gasteiger partial charge in [-0.1, -0.05) is 31.2 Å². The molecule has 0 aliphatic carbocycles. The average Bonchev–Trinajstić information content (AvgIpc) is 3.04. The Bertz CT molecular complexity index is 917. The first kappa shape index (κ1) is 19.8. The molecule has 0 radical (unpaired) electrons. The Labute approximate surface area is 159 Å². The van der Waals surface area contributed by atoms with Crippen LogP contribution in [0.4, 0.5) is 13.2 Å². The van der Waals surface area contributed by atoms with Crippen molar-refractivity contribution in [2.24, 2.45) is 5.73 Å². The van der Waals surface area contributed by atoms with Gasteiger partial charge in [0.25, 0.3) is 0 Å². The Morgan fingerprint density at radius 3 is 2.44 bits per heavy atom. The molecule has 3 nitrogen and oxygen atoms in total. The fourth-order valence-corrected chi connectivity index (χ4v) is 3.80. The fraction of sp³-hybridized carbons (Fsp3) is 0.350. The predicted molar refractivity (Wildman–Crippen MR) is 102 cm³/mol. The maximum atomic E-state index is 12.7. The number of aliphatic hydroxyl groups is 1. The van der Waals surface area contributed by atoms with E-state index in [4.69, 9.17) is 5.73 Å². The van der Waals surface area contributed by atoms with Gasteiger partial charge in [-0.05, 0) is 61.0 Å². The summed E-state index contributed by atoms with van der Waals surface area (Å²) in [6.45, 7) is 1.85. The molecule has 27 heavy (non-hydrogen) atoms. The maximum Gasteiger partial charge on any atom is 0.416 e. The van der Waals surface area contributed by atoms with Crippen molar-refractivity contribution in [1.82, 2.24) is 4.37 Å². The number of aryl methyl sites for hydroxylation is 1. The zero-order valence-electron chi connectivity index (χ0n) is 14.9. The molecule has 144 valence electrons. The number of benzene rings is 2. The topological polar surface area (TPSA) is 59.1 Å². The van der Waals surface area contributed by atoms with Gasteiger partial charge in [-0.15, -0.1) is 0 Å². The summed E-state index contributed by atoms with van der Waals surface area (Å²) in [6, 6.07) is 11.1. The smallest absolute Gasteiger partial charge is 0.376 e. The fourth-order valence-electron chi connectivity index (χ4n) is 2.94. The molecule has 0 saturated carbocycles. The number of nitrogens with zero attached hydrogens (tertiary/aromatic N) is 1. The van der Waals surface area contributed by atoms with Crippen LogP contribution in [0.25, 0.3) is 21.3 Å². The first-order valence-electron chi connectivity index (χ1n) is 8.77. The molecule has 0 bridgehead atoms. The number of rotatable bonds is 6. The molecular weight excluding hydrogens is 373 g/mol. The molecule has 1 atom stereocenters. The summed E-state index contributed by atoms with van der Waals surface area (Å²) in [6.07, 6.45) is -1.73. The highest BCUT2D eigenvalue weighted by Crippen LogP contribution is 2.34. The van der Waals surface area contributed by atoms with E-state index in [1.54, 1.807) is 0 Å². The third-order valence-corrected chi connectivity index (χ3v) is 5.52. The lowest BCUT2D eigenvalue weighted by Crippen LogP contribution is -2.38. The van der Waals surface area contributed by atoms with Gasteiger partial charge in [-0.3, -0.25) is 0 Å². The van der Waals surface area contributed by atoms with Gasteiger partial charge in [-0.25, -0.2) is 0 Å². The third-order valence-electron chi connectivity index (χ3n) is 4.71. The van der Waals surface area contributed by atoms with E-state index < -0.39 is 17.5 Å². The van der Waals surface area contributed by atoms with Gasteiger partial charge in [0.15, 0.2) is 0 Å². The Hall–Kier alpha value is -1.96. The molecule has 1 aromatic heterocycles. The maximum absolute atomic E-state index is 12.7. The van der Waals surface area contributed by atoms with Gasteiger partial charge < -0.3 is 10.8 Å². The van der Waals surface area contributed by atoms with E-state index in [9.17, 15) is 18.3 Å². The van der Waals surface area contributed by atoms with E-state index in [2.05, 4.69) is 4.37 Å². The van der Waals surface area contributed by atoms with Gasteiger partial charge in [0.1, 0.15) is 5.72 Å². The quantitative estimate of drug-likeness (QED) is 0.553. The van der Waals surface area contributed by atoms with Crippen LogP contribution in [0.3, 0.4) is 0 Å². The van der Waals surface area contributed by atoms with Crippen molar-refractivity contribution in [2.45, 2.75) is 44.5 Å². The highest BCUT2D eigenvalue weighted by molar-refractivity contribution is 7.13. The van der Waals surface area contributed by atoms with Crippen LogP contribution in [-0.2, 0) is 12.6 Å². The van der Waals surface area contributed by atoms with Crippen LogP contribution in [0.1, 0.15) is 37.3 Å². The van der Waals surface area contributed by atoms with Crippen molar-refractivity contribution in [3.63, 3.8) is 0 Å². The van der Waals surface area contributed by atoms with Crippen LogP contribution in [0.5, 0.6) is 0 Å². The van der Waals surface area contributed by atoms with E-state index in [1.807, 2.05) is 25.1 Å². The molecule has 0 spiro atoms. The van der Waals surface area contributed by atoms with Gasteiger partial charge >= 0.3 is 6.18 Å². The summed E-state index contributed by atoms with van der Waals surface area (Å²) in [5.74, 6) is 0. The number of nitrogens with two attached hydrogens (primary N) is 1. The molecule has 1 heterocycles. The number of halogens is 3. The van der Waals surface area contributed by atoms with E-state index in [0.717, 1.165) is 40.6 Å². The standard InChI is InChI=1S/C20H21F3N2OS/c1-2-19(24,26)11-3-4-13-5-10-16-17(12-13)27-25-18(16)14-6-8-15(9-7-14)20(21,22)23/h5-10,12,26H,2-4,11,24H2,1H3. The zero-order valence-corrected chi connectivity index (χ0v) is 15.7. The minimum absolute atomic E-state index is 0.511. The van der Waals surface area contributed by atoms with Gasteiger partial charge in [0.2, 0.25) is 0 Å². The predicted octanol–water partition coefficient (Wildman–Crippen LogP) is 5.36. The van der Waals surface area contributed by atoms with Gasteiger partial charge in [0.05, 0.1) is 16.0 Å². The van der Waals surface area contributed by atoms with Crippen LogP contribution >= 0.6 is 11.5 Å². The molecule has 0 saturated heterocycles. The number of hydrogen-bond acceptors (Lipinski definition) is 4. The number of aromatic nitrogens is 1. The minimum Gasteiger partial charge on any atom is -0.376 e. The monoisotopic (exact) mass is 394 g/mol. The molecule has 1 unspecified atom stereocenters. The van der Waals surface area contributed by atoms with Crippen molar-refractivity contribution in [1.29, 1.82) is 0 Å². The normalized spacial score (nSPS) is 14.4. The summed E-state index contributed by atoms with van der Waals surface area (Å²) < 4.78 is 43.6. The van der Waals surface area contributed by atoms with Gasteiger partial charge in [-0.2, -0.15) is 17.5 Å². The van der Waals surface area contributed by atoms with Crippen molar-refractivity contribution >= 4 is 21.6 Å². The zero-order chi connectivity index (χ0) is 19.7. The van der Waals surface area contributed by atoms with Crippen molar-refractivity contribution < 1.29 is 18.3 Å². The lowest BCUT2D eigenvalue weighted by atomic mass is 10.00. The minimum atomic E-state index is -4.34. The highest BCUT2D eigenvalue weighted by atomic mass is 32.1. The Balaban J connectivity index is 1.78. The van der Waals surface area contributed by atoms with Crippen molar-refractivity contribution in [3.8, 4) is 11.3 Å². The second kappa shape index (κ2) is 7.58. The van der Waals surface area contributed by atoms with Crippen molar-refractivity contribution in [3.05, 3.63) is 53.6 Å². The summed E-state index contributed by atoms with van der Waals surface area (Å²) in [7, 11) is 0. The van der Waals surface area contributed by atoms with E-state index in [-0.39, 0.29) is 0 Å². The van der Waals surface area contributed by atoms with Crippen LogP contribution < -0.4 is 5.73 Å². The second-order valence-corrected chi connectivity index (χ2v) is 7.55. The van der Waals surface area contributed by atoms with Crippen molar-refractivity contribution in [2.75, 3.05) is 0 Å². The SMILES string of the molecule is CCC(N)(O)CCCc1ccc2c(-c3ccc(C(F)(F)F)cc3)nsc2c1. The molecule has 2 aromatic carbocycles. The highest BCUT2D eigenvalue weighted by Gasteiger charge is 2.30. The summed E-state index contributed by atoms with van der Waals surface area (Å²) in [4.78, 5) is 0. The Morgan fingerprint density at radius 2 is 1.81 bits per heavy atom. The van der Waals surface area contributed by atoms with E-state index in [1.165, 1.54) is 23.7 Å². The first-order chi connectivity index (χ1) is 12.7. The van der Waals surface area contributed by atoms with Crippen LogP contribution in [-0.4, -0.2) is 15.2 Å². The summed E-state index contributed by atoms with van der Waals surface area (Å²) >= 11 is 1.33.